The number of aromatic nitrogens is 3. The molecule has 8 heteroatoms. The fourth-order valence-electron chi connectivity index (χ4n) is 2.64. The van der Waals surface area contributed by atoms with Gasteiger partial charge in [-0.3, -0.25) is 10.1 Å². The summed E-state index contributed by atoms with van der Waals surface area (Å²) in [6, 6.07) is 15.0. The monoisotopic (exact) mass is 422 g/mol. The fraction of sp³-hybridized carbons (Fsp3) is 0.0476. The Morgan fingerprint density at radius 2 is 1.83 bits per heavy atom. The summed E-state index contributed by atoms with van der Waals surface area (Å²) in [7, 11) is 1.56. The summed E-state index contributed by atoms with van der Waals surface area (Å²) in [5, 5.41) is 5.60. The molecule has 6 nitrogen and oxygen atoms in total. The number of thiazole rings is 1. The number of hydrogen-bond acceptors (Lipinski definition) is 6. The van der Waals surface area contributed by atoms with Gasteiger partial charge in [-0.25, -0.2) is 15.0 Å². The molecule has 29 heavy (non-hydrogen) atoms. The third-order valence-corrected chi connectivity index (χ3v) is 5.17. The second kappa shape index (κ2) is 8.38. The lowest BCUT2D eigenvalue weighted by Gasteiger charge is -2.04. The van der Waals surface area contributed by atoms with Crippen molar-refractivity contribution >= 4 is 34.0 Å². The van der Waals surface area contributed by atoms with Crippen LogP contribution in [0.4, 0.5) is 5.13 Å². The van der Waals surface area contributed by atoms with E-state index >= 15 is 0 Å². The molecule has 0 aliphatic carbocycles. The van der Waals surface area contributed by atoms with Gasteiger partial charge in [0.2, 0.25) is 0 Å². The normalized spacial score (nSPS) is 10.6. The average molecular weight is 423 g/mol. The van der Waals surface area contributed by atoms with Gasteiger partial charge in [0.1, 0.15) is 5.75 Å². The SMILES string of the molecule is COc1ccc(-c2csc(NC(=O)c3cnc(-c4ccccc4)nc3)n2)cc1Cl. The van der Waals surface area contributed by atoms with Gasteiger partial charge in [-0.05, 0) is 18.2 Å². The molecule has 2 heterocycles. The molecule has 1 N–H and O–H groups in total. The molecule has 0 bridgehead atoms. The van der Waals surface area contributed by atoms with Crippen molar-refractivity contribution in [3.63, 3.8) is 0 Å². The molecule has 1 amide bonds. The Kier molecular flexibility index (Phi) is 5.50. The molecule has 2 aromatic carbocycles. The van der Waals surface area contributed by atoms with E-state index in [0.717, 1.165) is 11.1 Å². The molecule has 0 saturated carbocycles. The Morgan fingerprint density at radius 1 is 1.07 bits per heavy atom. The largest absolute Gasteiger partial charge is 0.495 e. The number of ether oxygens (including phenoxy) is 1. The molecular formula is C21H15ClN4O2S. The number of nitrogens with zero attached hydrogens (tertiary/aromatic N) is 3. The number of benzene rings is 2. The van der Waals surface area contributed by atoms with E-state index in [1.54, 1.807) is 19.2 Å². The van der Waals surface area contributed by atoms with Gasteiger partial charge in [-0.2, -0.15) is 0 Å². The quantitative estimate of drug-likeness (QED) is 0.479. The van der Waals surface area contributed by atoms with Crippen LogP contribution >= 0.6 is 22.9 Å². The first-order chi connectivity index (χ1) is 14.1. The van der Waals surface area contributed by atoms with Crippen molar-refractivity contribution in [2.45, 2.75) is 0 Å². The maximum Gasteiger partial charge on any atom is 0.260 e. The van der Waals surface area contributed by atoms with Gasteiger partial charge in [-0.15, -0.1) is 11.3 Å². The number of anilines is 1. The van der Waals surface area contributed by atoms with Gasteiger partial charge in [0.15, 0.2) is 11.0 Å². The van der Waals surface area contributed by atoms with E-state index in [1.165, 1.54) is 23.7 Å². The number of amides is 1. The first-order valence-corrected chi connectivity index (χ1v) is 9.88. The molecule has 0 radical (unpaired) electrons. The van der Waals surface area contributed by atoms with E-state index in [4.69, 9.17) is 16.3 Å². The number of nitrogens with one attached hydrogen (secondary N) is 1. The topological polar surface area (TPSA) is 77.0 Å². The van der Waals surface area contributed by atoms with Gasteiger partial charge >= 0.3 is 0 Å². The summed E-state index contributed by atoms with van der Waals surface area (Å²) < 4.78 is 5.16. The van der Waals surface area contributed by atoms with Gasteiger partial charge in [0.05, 0.1) is 23.4 Å². The van der Waals surface area contributed by atoms with Gasteiger partial charge in [0, 0.05) is 28.9 Å². The van der Waals surface area contributed by atoms with E-state index < -0.39 is 0 Å². The summed E-state index contributed by atoms with van der Waals surface area (Å²) in [4.78, 5) is 25.5. The van der Waals surface area contributed by atoms with E-state index in [9.17, 15) is 4.79 Å². The van der Waals surface area contributed by atoms with Crippen LogP contribution in [0.3, 0.4) is 0 Å². The molecule has 0 saturated heterocycles. The second-order valence-electron chi connectivity index (χ2n) is 6.00. The summed E-state index contributed by atoms with van der Waals surface area (Å²) in [5.41, 5.74) is 2.80. The lowest BCUT2D eigenvalue weighted by Crippen LogP contribution is -2.12. The van der Waals surface area contributed by atoms with Crippen molar-refractivity contribution in [1.82, 2.24) is 15.0 Å². The summed E-state index contributed by atoms with van der Waals surface area (Å²) in [6.07, 6.45) is 3.00. The maximum absolute atomic E-state index is 12.5. The zero-order valence-corrected chi connectivity index (χ0v) is 16.9. The van der Waals surface area contributed by atoms with E-state index in [1.807, 2.05) is 41.8 Å². The summed E-state index contributed by atoms with van der Waals surface area (Å²) >= 11 is 7.50. The Morgan fingerprint density at radius 3 is 2.52 bits per heavy atom. The van der Waals surface area contributed by atoms with Crippen LogP contribution in [0.2, 0.25) is 5.02 Å². The molecular weight excluding hydrogens is 408 g/mol. The standard InChI is InChI=1S/C21H15ClN4O2S/c1-28-18-8-7-14(9-16(18)22)17-12-29-21(25-17)26-20(27)15-10-23-19(24-11-15)13-5-3-2-4-6-13/h2-12H,1H3,(H,25,26,27). The minimum absolute atomic E-state index is 0.321. The molecule has 4 aromatic rings. The highest BCUT2D eigenvalue weighted by molar-refractivity contribution is 7.14. The lowest BCUT2D eigenvalue weighted by atomic mass is 10.2. The lowest BCUT2D eigenvalue weighted by molar-refractivity contribution is 0.102. The third-order valence-electron chi connectivity index (χ3n) is 4.12. The van der Waals surface area contributed by atoms with Crippen molar-refractivity contribution in [2.24, 2.45) is 0 Å². The molecule has 0 spiro atoms. The Bertz CT molecular complexity index is 1150. The van der Waals surface area contributed by atoms with Crippen LogP contribution in [0.15, 0.2) is 66.3 Å². The highest BCUT2D eigenvalue weighted by atomic mass is 35.5. The predicted molar refractivity (Wildman–Crippen MR) is 115 cm³/mol. The number of rotatable bonds is 5. The van der Waals surface area contributed by atoms with Crippen LogP contribution in [0.5, 0.6) is 5.75 Å². The summed E-state index contributed by atoms with van der Waals surface area (Å²) in [5.74, 6) is 0.839. The summed E-state index contributed by atoms with van der Waals surface area (Å²) in [6.45, 7) is 0. The smallest absolute Gasteiger partial charge is 0.260 e. The van der Waals surface area contributed by atoms with Gasteiger partial charge in [0.25, 0.3) is 5.91 Å². The minimum Gasteiger partial charge on any atom is -0.495 e. The maximum atomic E-state index is 12.5. The van der Waals surface area contributed by atoms with E-state index in [2.05, 4.69) is 20.3 Å². The molecule has 4 rings (SSSR count). The number of carbonyl (C=O) groups excluding carboxylic acids is 1. The van der Waals surface area contributed by atoms with Crippen molar-refractivity contribution in [1.29, 1.82) is 0 Å². The van der Waals surface area contributed by atoms with Crippen LogP contribution in [0.25, 0.3) is 22.6 Å². The highest BCUT2D eigenvalue weighted by Gasteiger charge is 2.12. The fourth-order valence-corrected chi connectivity index (χ4v) is 3.61. The molecule has 0 aliphatic rings. The van der Waals surface area contributed by atoms with Crippen LogP contribution in [0.1, 0.15) is 10.4 Å². The Hall–Kier alpha value is -3.29. The molecule has 144 valence electrons. The number of carbonyl (C=O) groups is 1. The van der Waals surface area contributed by atoms with Crippen molar-refractivity contribution < 1.29 is 9.53 Å². The first-order valence-electron chi connectivity index (χ1n) is 8.62. The van der Waals surface area contributed by atoms with Crippen LogP contribution in [0, 0.1) is 0 Å². The zero-order chi connectivity index (χ0) is 20.2. The van der Waals surface area contributed by atoms with Gasteiger partial charge in [-0.1, -0.05) is 41.9 Å². The van der Waals surface area contributed by atoms with E-state index in [-0.39, 0.29) is 5.91 Å². The first kappa shape index (κ1) is 19.0. The second-order valence-corrected chi connectivity index (χ2v) is 7.27. The highest BCUT2D eigenvalue weighted by Crippen LogP contribution is 2.31. The molecule has 0 fully saturated rings. The Labute approximate surface area is 176 Å². The average Bonchev–Trinajstić information content (AvgIpc) is 3.23. The van der Waals surface area contributed by atoms with Gasteiger partial charge < -0.3 is 4.74 Å². The zero-order valence-electron chi connectivity index (χ0n) is 15.3. The van der Waals surface area contributed by atoms with Crippen molar-refractivity contribution in [3.05, 3.63) is 76.9 Å². The molecule has 0 aliphatic heterocycles. The molecule has 0 unspecified atom stereocenters. The third kappa shape index (κ3) is 4.26. The van der Waals surface area contributed by atoms with Crippen LogP contribution < -0.4 is 10.1 Å². The van der Waals surface area contributed by atoms with Crippen molar-refractivity contribution in [3.8, 4) is 28.4 Å². The Balaban J connectivity index is 1.47. The number of halogens is 1. The molecule has 0 atom stereocenters. The molecule has 2 aromatic heterocycles. The predicted octanol–water partition coefficient (Wildman–Crippen LogP) is 5.18. The number of hydrogen-bond donors (Lipinski definition) is 1. The van der Waals surface area contributed by atoms with E-state index in [0.29, 0.717) is 33.0 Å². The minimum atomic E-state index is -0.321. The van der Waals surface area contributed by atoms with Crippen molar-refractivity contribution in [2.75, 3.05) is 12.4 Å². The van der Waals surface area contributed by atoms with Crippen LogP contribution in [-0.4, -0.2) is 28.0 Å². The number of methoxy groups -OCH3 is 1. The van der Waals surface area contributed by atoms with Crippen LogP contribution in [-0.2, 0) is 0 Å².